The van der Waals surface area contributed by atoms with Gasteiger partial charge in [-0.1, -0.05) is 41.5 Å². The number of amides is 1. The largest absolute Gasteiger partial charge is 0.401 e. The van der Waals surface area contributed by atoms with Crippen molar-refractivity contribution in [3.8, 4) is 11.6 Å². The van der Waals surface area contributed by atoms with Gasteiger partial charge in [-0.15, -0.1) is 5.10 Å². The Bertz CT molecular complexity index is 841. The number of hydrogen-bond acceptors (Lipinski definition) is 5. The van der Waals surface area contributed by atoms with E-state index in [4.69, 9.17) is 4.42 Å². The minimum Gasteiger partial charge on any atom is -0.401 e. The number of carbonyl (C=O) groups is 1. The summed E-state index contributed by atoms with van der Waals surface area (Å²) < 4.78 is 5.40. The van der Waals surface area contributed by atoms with Gasteiger partial charge >= 0.3 is 6.01 Å². The van der Waals surface area contributed by atoms with Crippen molar-refractivity contribution in [1.82, 2.24) is 15.2 Å². The Labute approximate surface area is 132 Å². The fourth-order valence-electron chi connectivity index (χ4n) is 1.92. The van der Waals surface area contributed by atoms with Crippen molar-refractivity contribution < 1.29 is 9.21 Å². The van der Waals surface area contributed by atoms with Gasteiger partial charge in [-0.2, -0.15) is 0 Å². The van der Waals surface area contributed by atoms with E-state index in [0.717, 1.165) is 11.3 Å². The lowest BCUT2D eigenvalue weighted by Gasteiger charge is -1.96. The van der Waals surface area contributed by atoms with Gasteiger partial charge in [0.05, 0.1) is 0 Å². The number of aromatic nitrogens is 3. The standard InChI is InChI=1S/C17H14N4O2/c1-12-6-5-9-14(18-12)16-20-21-17(23-16)19-15(22)11-10-13-7-3-2-4-8-13/h2-11H,1H3,(H,19,21,22). The second-order valence-electron chi connectivity index (χ2n) is 4.81. The first kappa shape index (κ1) is 14.6. The van der Waals surface area contributed by atoms with E-state index < -0.39 is 0 Å². The van der Waals surface area contributed by atoms with E-state index in [2.05, 4.69) is 20.5 Å². The van der Waals surface area contributed by atoms with Gasteiger partial charge < -0.3 is 4.42 Å². The van der Waals surface area contributed by atoms with Gasteiger partial charge in [0, 0.05) is 11.8 Å². The molecule has 114 valence electrons. The maximum atomic E-state index is 11.8. The second-order valence-corrected chi connectivity index (χ2v) is 4.81. The highest BCUT2D eigenvalue weighted by atomic mass is 16.4. The summed E-state index contributed by atoms with van der Waals surface area (Å²) >= 11 is 0. The number of hydrogen-bond donors (Lipinski definition) is 1. The van der Waals surface area contributed by atoms with Crippen LogP contribution in [0.4, 0.5) is 6.01 Å². The molecule has 0 radical (unpaired) electrons. The van der Waals surface area contributed by atoms with Gasteiger partial charge in [0.2, 0.25) is 0 Å². The normalized spacial score (nSPS) is 10.8. The van der Waals surface area contributed by atoms with Gasteiger partial charge in [-0.25, -0.2) is 4.98 Å². The summed E-state index contributed by atoms with van der Waals surface area (Å²) in [5.41, 5.74) is 2.34. The molecule has 0 fully saturated rings. The lowest BCUT2D eigenvalue weighted by molar-refractivity contribution is -0.112. The van der Waals surface area contributed by atoms with Crippen molar-refractivity contribution in [2.45, 2.75) is 6.92 Å². The Morgan fingerprint density at radius 2 is 1.91 bits per heavy atom. The minimum atomic E-state index is -0.346. The number of carbonyl (C=O) groups excluding carboxylic acids is 1. The summed E-state index contributed by atoms with van der Waals surface area (Å²) in [6.45, 7) is 1.87. The van der Waals surface area contributed by atoms with E-state index in [-0.39, 0.29) is 17.8 Å². The van der Waals surface area contributed by atoms with Gasteiger partial charge in [-0.3, -0.25) is 10.1 Å². The maximum absolute atomic E-state index is 11.8. The molecule has 0 saturated heterocycles. The Morgan fingerprint density at radius 3 is 2.70 bits per heavy atom. The van der Waals surface area contributed by atoms with Gasteiger partial charge in [0.25, 0.3) is 11.8 Å². The van der Waals surface area contributed by atoms with Gasteiger partial charge in [0.15, 0.2) is 0 Å². The van der Waals surface area contributed by atoms with Crippen LogP contribution in [0.3, 0.4) is 0 Å². The molecule has 0 aliphatic carbocycles. The molecule has 6 heteroatoms. The highest BCUT2D eigenvalue weighted by molar-refractivity contribution is 6.00. The van der Waals surface area contributed by atoms with Crippen LogP contribution >= 0.6 is 0 Å². The fraction of sp³-hybridized carbons (Fsp3) is 0.0588. The topological polar surface area (TPSA) is 80.9 Å². The summed E-state index contributed by atoms with van der Waals surface area (Å²) in [6, 6.07) is 15.0. The Balaban J connectivity index is 1.67. The Morgan fingerprint density at radius 1 is 1.09 bits per heavy atom. The molecular formula is C17H14N4O2. The zero-order valence-corrected chi connectivity index (χ0v) is 12.4. The van der Waals surface area contributed by atoms with E-state index in [9.17, 15) is 4.79 Å². The first-order valence-corrected chi connectivity index (χ1v) is 7.02. The molecule has 1 amide bonds. The van der Waals surface area contributed by atoms with Gasteiger partial charge in [-0.05, 0) is 30.7 Å². The highest BCUT2D eigenvalue weighted by Crippen LogP contribution is 2.17. The van der Waals surface area contributed by atoms with Gasteiger partial charge in [0.1, 0.15) is 5.69 Å². The molecule has 0 aliphatic rings. The molecule has 0 unspecified atom stereocenters. The molecule has 2 heterocycles. The number of rotatable bonds is 4. The van der Waals surface area contributed by atoms with Crippen LogP contribution in [0.25, 0.3) is 17.7 Å². The smallest absolute Gasteiger partial charge is 0.322 e. The predicted octanol–water partition coefficient (Wildman–Crippen LogP) is 3.09. The van der Waals surface area contributed by atoms with Crippen LogP contribution in [0, 0.1) is 6.92 Å². The molecule has 0 atom stereocenters. The van der Waals surface area contributed by atoms with Crippen LogP contribution in [0.2, 0.25) is 0 Å². The molecule has 3 rings (SSSR count). The third kappa shape index (κ3) is 3.88. The second kappa shape index (κ2) is 6.65. The third-order valence-electron chi connectivity index (χ3n) is 2.99. The maximum Gasteiger partial charge on any atom is 0.322 e. The zero-order valence-electron chi connectivity index (χ0n) is 12.4. The minimum absolute atomic E-state index is 0.0333. The molecule has 0 bridgehead atoms. The SMILES string of the molecule is Cc1cccc(-c2nnc(NC(=O)C=Cc3ccccc3)o2)n1. The number of pyridine rings is 1. The lowest BCUT2D eigenvalue weighted by atomic mass is 10.2. The van der Waals surface area contributed by atoms with Crippen molar-refractivity contribution in [1.29, 1.82) is 0 Å². The summed E-state index contributed by atoms with van der Waals surface area (Å²) in [7, 11) is 0. The quantitative estimate of drug-likeness (QED) is 0.749. The van der Waals surface area contributed by atoms with Crippen molar-refractivity contribution in [2.75, 3.05) is 5.32 Å². The Hall–Kier alpha value is -3.28. The highest BCUT2D eigenvalue weighted by Gasteiger charge is 2.11. The van der Waals surface area contributed by atoms with Crippen molar-refractivity contribution >= 4 is 18.0 Å². The molecule has 23 heavy (non-hydrogen) atoms. The average Bonchev–Trinajstić information content (AvgIpc) is 3.02. The first-order valence-electron chi connectivity index (χ1n) is 7.02. The number of aryl methyl sites for hydroxylation is 1. The van der Waals surface area contributed by atoms with E-state index in [1.54, 1.807) is 12.1 Å². The van der Waals surface area contributed by atoms with Crippen LogP contribution < -0.4 is 5.32 Å². The average molecular weight is 306 g/mol. The molecule has 0 spiro atoms. The molecule has 6 nitrogen and oxygen atoms in total. The summed E-state index contributed by atoms with van der Waals surface area (Å²) in [5.74, 6) is -0.0858. The molecular weight excluding hydrogens is 292 g/mol. The van der Waals surface area contributed by atoms with Crippen molar-refractivity contribution in [2.24, 2.45) is 0 Å². The van der Waals surface area contributed by atoms with Crippen molar-refractivity contribution in [3.63, 3.8) is 0 Å². The van der Waals surface area contributed by atoms with Crippen LogP contribution in [-0.4, -0.2) is 21.1 Å². The molecule has 0 aliphatic heterocycles. The molecule has 0 saturated carbocycles. The van der Waals surface area contributed by atoms with Crippen LogP contribution in [-0.2, 0) is 4.79 Å². The van der Waals surface area contributed by atoms with E-state index in [1.807, 2.05) is 49.4 Å². The number of nitrogens with zero attached hydrogens (tertiary/aromatic N) is 3. The van der Waals surface area contributed by atoms with Crippen molar-refractivity contribution in [3.05, 3.63) is 65.9 Å². The van der Waals surface area contributed by atoms with E-state index in [0.29, 0.717) is 5.69 Å². The van der Waals surface area contributed by atoms with Crippen LogP contribution in [0.15, 0.2) is 59.0 Å². The summed E-state index contributed by atoms with van der Waals surface area (Å²) in [6.07, 6.45) is 3.11. The monoisotopic (exact) mass is 306 g/mol. The number of nitrogens with one attached hydrogen (secondary N) is 1. The van der Waals surface area contributed by atoms with Crippen LogP contribution in [0.5, 0.6) is 0 Å². The fourth-order valence-corrected chi connectivity index (χ4v) is 1.92. The number of benzene rings is 1. The molecule has 3 aromatic rings. The zero-order chi connectivity index (χ0) is 16.1. The number of anilines is 1. The molecule has 1 N–H and O–H groups in total. The van der Waals surface area contributed by atoms with E-state index >= 15 is 0 Å². The molecule has 1 aromatic carbocycles. The summed E-state index contributed by atoms with van der Waals surface area (Å²) in [5, 5.41) is 10.2. The van der Waals surface area contributed by atoms with E-state index in [1.165, 1.54) is 6.08 Å². The first-order chi connectivity index (χ1) is 11.2. The van der Waals surface area contributed by atoms with Crippen LogP contribution in [0.1, 0.15) is 11.3 Å². The Kier molecular flexibility index (Phi) is 4.24. The summed E-state index contributed by atoms with van der Waals surface area (Å²) in [4.78, 5) is 16.1. The lowest BCUT2D eigenvalue weighted by Crippen LogP contribution is -2.07. The third-order valence-corrected chi connectivity index (χ3v) is 2.99. The molecule has 2 aromatic heterocycles. The predicted molar refractivity (Wildman–Crippen MR) is 86.4 cm³/mol.